The van der Waals surface area contributed by atoms with Gasteiger partial charge >= 0.3 is 11.9 Å². The topological polar surface area (TPSA) is 61.8 Å². The molecule has 0 atom stereocenters. The molecule has 5 heteroatoms. The summed E-state index contributed by atoms with van der Waals surface area (Å²) >= 11 is 0. The van der Waals surface area contributed by atoms with Gasteiger partial charge in [-0.1, -0.05) is 6.08 Å². The standard InChI is InChI=1S/C24H32O5/c1-3-4-23(25)28-21-11-9-18(10-12-21)17-5-7-19(8-6-17)24(26)29-22-15-13-20(27-2)14-16-22/h3-4,13-19,21H,5-12H2,1-2H3/b4-3+. The number of methoxy groups -OCH3 is 1. The number of allylic oxidation sites excluding steroid dienone is 1. The lowest BCUT2D eigenvalue weighted by atomic mass is 9.70. The molecule has 0 bridgehead atoms. The third-order valence-electron chi connectivity index (χ3n) is 6.35. The molecule has 2 aliphatic rings. The molecule has 0 unspecified atom stereocenters. The highest BCUT2D eigenvalue weighted by Crippen LogP contribution is 2.41. The first kappa shape index (κ1) is 21.4. The average molecular weight is 401 g/mol. The fourth-order valence-electron chi connectivity index (χ4n) is 4.69. The van der Waals surface area contributed by atoms with E-state index in [1.54, 1.807) is 37.5 Å². The van der Waals surface area contributed by atoms with Gasteiger partial charge in [0.05, 0.1) is 13.0 Å². The van der Waals surface area contributed by atoms with Gasteiger partial charge in [-0.2, -0.15) is 0 Å². The summed E-state index contributed by atoms with van der Waals surface area (Å²) in [5, 5.41) is 0. The Bertz CT molecular complexity index is 692. The number of rotatable bonds is 6. The summed E-state index contributed by atoms with van der Waals surface area (Å²) in [6.45, 7) is 1.82. The van der Waals surface area contributed by atoms with Crippen LogP contribution in [0.3, 0.4) is 0 Å². The van der Waals surface area contributed by atoms with Crippen molar-refractivity contribution in [1.29, 1.82) is 0 Å². The second-order valence-electron chi connectivity index (χ2n) is 8.18. The number of ether oxygens (including phenoxy) is 3. The third-order valence-corrected chi connectivity index (χ3v) is 6.35. The monoisotopic (exact) mass is 400 g/mol. The molecule has 0 N–H and O–H groups in total. The van der Waals surface area contributed by atoms with E-state index < -0.39 is 0 Å². The van der Waals surface area contributed by atoms with E-state index in [9.17, 15) is 9.59 Å². The van der Waals surface area contributed by atoms with Crippen LogP contribution in [0.2, 0.25) is 0 Å². The Hall–Kier alpha value is -2.30. The van der Waals surface area contributed by atoms with Crippen LogP contribution < -0.4 is 9.47 Å². The number of carbonyl (C=O) groups excluding carboxylic acids is 2. The van der Waals surface area contributed by atoms with Gasteiger partial charge in [0.2, 0.25) is 0 Å². The van der Waals surface area contributed by atoms with Crippen LogP contribution in [0, 0.1) is 17.8 Å². The molecule has 1 aromatic carbocycles. The van der Waals surface area contributed by atoms with Gasteiger partial charge in [0, 0.05) is 6.08 Å². The van der Waals surface area contributed by atoms with Crippen LogP contribution in [0.5, 0.6) is 11.5 Å². The van der Waals surface area contributed by atoms with E-state index in [1.807, 2.05) is 6.92 Å². The second kappa shape index (κ2) is 10.5. The molecule has 2 saturated carbocycles. The Morgan fingerprint density at radius 3 is 1.97 bits per heavy atom. The van der Waals surface area contributed by atoms with Crippen molar-refractivity contribution in [3.63, 3.8) is 0 Å². The van der Waals surface area contributed by atoms with Crippen LogP contribution >= 0.6 is 0 Å². The van der Waals surface area contributed by atoms with Gasteiger partial charge in [-0.05, 0) is 94.4 Å². The van der Waals surface area contributed by atoms with Gasteiger partial charge in [0.25, 0.3) is 0 Å². The van der Waals surface area contributed by atoms with Gasteiger partial charge < -0.3 is 14.2 Å². The molecule has 0 amide bonds. The van der Waals surface area contributed by atoms with Crippen LogP contribution in [0.4, 0.5) is 0 Å². The van der Waals surface area contributed by atoms with Crippen molar-refractivity contribution in [1.82, 2.24) is 0 Å². The minimum Gasteiger partial charge on any atom is -0.497 e. The largest absolute Gasteiger partial charge is 0.497 e. The average Bonchev–Trinajstić information content (AvgIpc) is 2.75. The quantitative estimate of drug-likeness (QED) is 0.378. The van der Waals surface area contributed by atoms with Crippen molar-refractivity contribution in [2.75, 3.05) is 7.11 Å². The van der Waals surface area contributed by atoms with Crippen LogP contribution in [-0.4, -0.2) is 25.2 Å². The summed E-state index contributed by atoms with van der Waals surface area (Å²) < 4.78 is 16.2. The SMILES string of the molecule is C/C=C/C(=O)OC1CCC(C2CCC(C(=O)Oc3ccc(OC)cc3)CC2)CC1. The normalized spacial score (nSPS) is 27.4. The molecule has 0 saturated heterocycles. The van der Waals surface area contributed by atoms with E-state index in [0.717, 1.165) is 57.1 Å². The van der Waals surface area contributed by atoms with E-state index in [2.05, 4.69) is 0 Å². The van der Waals surface area contributed by atoms with Crippen molar-refractivity contribution < 1.29 is 23.8 Å². The second-order valence-corrected chi connectivity index (χ2v) is 8.18. The van der Waals surface area contributed by atoms with Gasteiger partial charge in [0.1, 0.15) is 17.6 Å². The molecule has 1 aromatic rings. The number of esters is 2. The Labute approximate surface area is 173 Å². The van der Waals surface area contributed by atoms with Crippen molar-refractivity contribution in [3.8, 4) is 11.5 Å². The number of benzene rings is 1. The van der Waals surface area contributed by atoms with Crippen LogP contribution in [-0.2, 0) is 14.3 Å². The maximum absolute atomic E-state index is 12.5. The lowest BCUT2D eigenvalue weighted by molar-refractivity contribution is -0.145. The van der Waals surface area contributed by atoms with Crippen LogP contribution in [0.15, 0.2) is 36.4 Å². The zero-order chi connectivity index (χ0) is 20.6. The van der Waals surface area contributed by atoms with Crippen molar-refractivity contribution in [2.24, 2.45) is 17.8 Å². The fraction of sp³-hybridized carbons (Fsp3) is 0.583. The molecular formula is C24H32O5. The molecule has 29 heavy (non-hydrogen) atoms. The highest BCUT2D eigenvalue weighted by molar-refractivity contribution is 5.81. The maximum Gasteiger partial charge on any atom is 0.330 e. The summed E-state index contributed by atoms with van der Waals surface area (Å²) in [5.41, 5.74) is 0. The minimum atomic E-state index is -0.230. The Kier molecular flexibility index (Phi) is 7.73. The van der Waals surface area contributed by atoms with Crippen molar-refractivity contribution >= 4 is 11.9 Å². The van der Waals surface area contributed by atoms with Gasteiger partial charge in [-0.3, -0.25) is 4.79 Å². The van der Waals surface area contributed by atoms with E-state index in [0.29, 0.717) is 17.6 Å². The van der Waals surface area contributed by atoms with E-state index in [-0.39, 0.29) is 24.0 Å². The molecule has 158 valence electrons. The first-order valence-electron chi connectivity index (χ1n) is 10.8. The summed E-state index contributed by atoms with van der Waals surface area (Å²) in [6.07, 6.45) is 11.3. The number of hydrogen-bond donors (Lipinski definition) is 0. The van der Waals surface area contributed by atoms with Crippen molar-refractivity contribution in [3.05, 3.63) is 36.4 Å². The molecule has 5 nitrogen and oxygen atoms in total. The molecule has 2 fully saturated rings. The molecule has 0 heterocycles. The smallest absolute Gasteiger partial charge is 0.330 e. The van der Waals surface area contributed by atoms with Gasteiger partial charge in [0.15, 0.2) is 0 Å². The summed E-state index contributed by atoms with van der Waals surface area (Å²) in [4.78, 5) is 24.1. The zero-order valence-electron chi connectivity index (χ0n) is 17.5. The molecule has 0 aliphatic heterocycles. The molecule has 3 rings (SSSR count). The minimum absolute atomic E-state index is 0.00789. The Morgan fingerprint density at radius 1 is 0.862 bits per heavy atom. The first-order valence-corrected chi connectivity index (χ1v) is 10.8. The number of hydrogen-bond acceptors (Lipinski definition) is 5. The summed E-state index contributed by atoms with van der Waals surface area (Å²) in [5.74, 6) is 2.32. The first-order chi connectivity index (χ1) is 14.1. The van der Waals surface area contributed by atoms with E-state index in [4.69, 9.17) is 14.2 Å². The Morgan fingerprint density at radius 2 is 1.41 bits per heavy atom. The van der Waals surface area contributed by atoms with Crippen molar-refractivity contribution in [2.45, 2.75) is 64.4 Å². The maximum atomic E-state index is 12.5. The highest BCUT2D eigenvalue weighted by Gasteiger charge is 2.34. The fourth-order valence-corrected chi connectivity index (χ4v) is 4.69. The molecule has 0 aromatic heterocycles. The lowest BCUT2D eigenvalue weighted by Crippen LogP contribution is -2.31. The lowest BCUT2D eigenvalue weighted by Gasteiger charge is -2.37. The number of carbonyl (C=O) groups is 2. The predicted molar refractivity (Wildman–Crippen MR) is 111 cm³/mol. The Balaban J connectivity index is 1.40. The molecule has 0 spiro atoms. The predicted octanol–water partition coefficient (Wildman–Crippen LogP) is 5.09. The van der Waals surface area contributed by atoms with Crippen LogP contribution in [0.1, 0.15) is 58.3 Å². The van der Waals surface area contributed by atoms with Gasteiger partial charge in [-0.25, -0.2) is 4.79 Å². The van der Waals surface area contributed by atoms with Gasteiger partial charge in [-0.15, -0.1) is 0 Å². The molecular weight excluding hydrogens is 368 g/mol. The third kappa shape index (κ3) is 6.09. The molecule has 2 aliphatic carbocycles. The highest BCUT2D eigenvalue weighted by atomic mass is 16.5. The van der Waals surface area contributed by atoms with E-state index >= 15 is 0 Å². The van der Waals surface area contributed by atoms with Crippen LogP contribution in [0.25, 0.3) is 0 Å². The summed E-state index contributed by atoms with van der Waals surface area (Å²) in [7, 11) is 1.61. The van der Waals surface area contributed by atoms with E-state index in [1.165, 1.54) is 6.08 Å². The molecule has 0 radical (unpaired) electrons. The summed E-state index contributed by atoms with van der Waals surface area (Å²) in [6, 6.07) is 7.13. The zero-order valence-corrected chi connectivity index (χ0v) is 17.5.